The summed E-state index contributed by atoms with van der Waals surface area (Å²) in [5, 5.41) is 18.9. The molecular formula is C12H14O4S. The molecule has 0 aliphatic heterocycles. The molecule has 4 nitrogen and oxygen atoms in total. The predicted octanol–water partition coefficient (Wildman–Crippen LogP) is 2.87. The standard InChI is InChI=1S/C12H14O4S/c1-7(13)12(8(2)14)17-9-4-5-11(16-3)10(15)6-9/h4-6,13,15H,1-3H3/b12-7+. The fourth-order valence-corrected chi connectivity index (χ4v) is 2.09. The second-order valence-corrected chi connectivity index (χ2v) is 4.49. The van der Waals surface area contributed by atoms with E-state index in [-0.39, 0.29) is 22.2 Å². The van der Waals surface area contributed by atoms with Crippen molar-refractivity contribution in [2.75, 3.05) is 7.11 Å². The number of carbonyl (C=O) groups excluding carboxylic acids is 1. The van der Waals surface area contributed by atoms with E-state index < -0.39 is 0 Å². The molecule has 0 aliphatic rings. The highest BCUT2D eigenvalue weighted by Crippen LogP contribution is 2.35. The number of rotatable bonds is 4. The topological polar surface area (TPSA) is 66.8 Å². The number of hydrogen-bond acceptors (Lipinski definition) is 5. The summed E-state index contributed by atoms with van der Waals surface area (Å²) in [5.41, 5.74) is 0. The van der Waals surface area contributed by atoms with Crippen molar-refractivity contribution >= 4 is 17.5 Å². The van der Waals surface area contributed by atoms with Crippen molar-refractivity contribution in [1.82, 2.24) is 0 Å². The van der Waals surface area contributed by atoms with Crippen LogP contribution in [0.1, 0.15) is 13.8 Å². The fraction of sp³-hybridized carbons (Fsp3) is 0.250. The second-order valence-electron chi connectivity index (χ2n) is 3.41. The van der Waals surface area contributed by atoms with E-state index in [0.29, 0.717) is 10.6 Å². The minimum absolute atomic E-state index is 0.00371. The summed E-state index contributed by atoms with van der Waals surface area (Å²) in [6, 6.07) is 4.78. The van der Waals surface area contributed by atoms with Gasteiger partial charge in [0.1, 0.15) is 5.76 Å². The first-order chi connectivity index (χ1) is 7.95. The number of aromatic hydroxyl groups is 1. The van der Waals surface area contributed by atoms with Crippen molar-refractivity contribution in [2.24, 2.45) is 0 Å². The lowest BCUT2D eigenvalue weighted by Crippen LogP contribution is -1.96. The van der Waals surface area contributed by atoms with Gasteiger partial charge in [-0.1, -0.05) is 11.8 Å². The zero-order chi connectivity index (χ0) is 13.0. The Morgan fingerprint density at radius 2 is 2.00 bits per heavy atom. The van der Waals surface area contributed by atoms with E-state index in [0.717, 1.165) is 11.8 Å². The first-order valence-corrected chi connectivity index (χ1v) is 5.73. The van der Waals surface area contributed by atoms with Crippen LogP contribution in [0.5, 0.6) is 11.5 Å². The molecule has 0 bridgehead atoms. The Balaban J connectivity index is 3.00. The molecule has 0 saturated carbocycles. The van der Waals surface area contributed by atoms with Crippen LogP contribution in [-0.2, 0) is 4.79 Å². The second kappa shape index (κ2) is 5.63. The van der Waals surface area contributed by atoms with Crippen molar-refractivity contribution in [3.63, 3.8) is 0 Å². The smallest absolute Gasteiger partial charge is 0.169 e. The van der Waals surface area contributed by atoms with Gasteiger partial charge in [-0.05, 0) is 32.0 Å². The number of phenols is 1. The molecule has 5 heteroatoms. The fourth-order valence-electron chi connectivity index (χ4n) is 1.25. The van der Waals surface area contributed by atoms with E-state index in [4.69, 9.17) is 4.74 Å². The number of ether oxygens (including phenoxy) is 1. The Hall–Kier alpha value is -1.62. The van der Waals surface area contributed by atoms with Crippen molar-refractivity contribution in [2.45, 2.75) is 18.7 Å². The molecule has 17 heavy (non-hydrogen) atoms. The number of benzene rings is 1. The molecule has 1 aromatic carbocycles. The van der Waals surface area contributed by atoms with Crippen LogP contribution in [0.3, 0.4) is 0 Å². The van der Waals surface area contributed by atoms with E-state index in [1.165, 1.54) is 27.0 Å². The average molecular weight is 254 g/mol. The van der Waals surface area contributed by atoms with Gasteiger partial charge in [0, 0.05) is 4.90 Å². The number of ketones is 1. The lowest BCUT2D eigenvalue weighted by molar-refractivity contribution is -0.113. The van der Waals surface area contributed by atoms with Gasteiger partial charge >= 0.3 is 0 Å². The van der Waals surface area contributed by atoms with Crippen LogP contribution in [0.25, 0.3) is 0 Å². The molecule has 92 valence electrons. The quantitative estimate of drug-likeness (QED) is 0.491. The van der Waals surface area contributed by atoms with E-state index in [9.17, 15) is 15.0 Å². The zero-order valence-electron chi connectivity index (χ0n) is 9.85. The summed E-state index contributed by atoms with van der Waals surface area (Å²) in [4.78, 5) is 12.2. The molecule has 2 N–H and O–H groups in total. The van der Waals surface area contributed by atoms with Crippen LogP contribution in [0.15, 0.2) is 33.8 Å². The highest BCUT2D eigenvalue weighted by molar-refractivity contribution is 8.04. The van der Waals surface area contributed by atoms with E-state index in [1.807, 2.05) is 0 Å². The summed E-state index contributed by atoms with van der Waals surface area (Å²) in [6.07, 6.45) is 0. The number of hydrogen-bond donors (Lipinski definition) is 2. The molecule has 0 fully saturated rings. The maximum atomic E-state index is 11.3. The molecule has 0 amide bonds. The Labute approximate surface area is 104 Å². The largest absolute Gasteiger partial charge is 0.511 e. The summed E-state index contributed by atoms with van der Waals surface area (Å²) in [7, 11) is 1.46. The summed E-state index contributed by atoms with van der Waals surface area (Å²) >= 11 is 1.10. The number of phenolic OH excluding ortho intramolecular Hbond substituents is 1. The van der Waals surface area contributed by atoms with Crippen LogP contribution in [-0.4, -0.2) is 23.1 Å². The lowest BCUT2D eigenvalue weighted by Gasteiger charge is -2.07. The number of methoxy groups -OCH3 is 1. The third-order valence-corrected chi connectivity index (χ3v) is 3.30. The summed E-state index contributed by atoms with van der Waals surface area (Å²) < 4.78 is 4.91. The zero-order valence-corrected chi connectivity index (χ0v) is 10.7. The molecule has 0 radical (unpaired) electrons. The van der Waals surface area contributed by atoms with Crippen LogP contribution in [0.2, 0.25) is 0 Å². The number of thioether (sulfide) groups is 1. The molecule has 1 aromatic rings. The SMILES string of the molecule is COc1ccc(S/C(C(C)=O)=C(\C)O)cc1O. The third-order valence-electron chi connectivity index (χ3n) is 2.02. The molecule has 0 unspecified atom stereocenters. The molecule has 0 aromatic heterocycles. The monoisotopic (exact) mass is 254 g/mol. The van der Waals surface area contributed by atoms with Gasteiger partial charge in [0.05, 0.1) is 12.0 Å². The molecule has 1 rings (SSSR count). The Bertz CT molecular complexity index is 462. The number of aliphatic hydroxyl groups is 1. The van der Waals surface area contributed by atoms with Crippen molar-refractivity contribution in [3.05, 3.63) is 28.9 Å². The molecular weight excluding hydrogens is 240 g/mol. The van der Waals surface area contributed by atoms with Gasteiger partial charge < -0.3 is 14.9 Å². The van der Waals surface area contributed by atoms with Crippen molar-refractivity contribution in [1.29, 1.82) is 0 Å². The summed E-state index contributed by atoms with van der Waals surface area (Å²) in [5.74, 6) is 0.113. The Kier molecular flexibility index (Phi) is 4.45. The molecule has 0 heterocycles. The van der Waals surface area contributed by atoms with Gasteiger partial charge in [0.25, 0.3) is 0 Å². The number of carbonyl (C=O) groups is 1. The van der Waals surface area contributed by atoms with Gasteiger partial charge in [-0.25, -0.2) is 0 Å². The number of allylic oxidation sites excluding steroid dienone is 2. The van der Waals surface area contributed by atoms with Gasteiger partial charge in [-0.15, -0.1) is 0 Å². The van der Waals surface area contributed by atoms with Crippen molar-refractivity contribution in [3.8, 4) is 11.5 Å². The van der Waals surface area contributed by atoms with Crippen molar-refractivity contribution < 1.29 is 19.7 Å². The molecule has 0 spiro atoms. The number of Topliss-reactive ketones (excluding diaryl/α,β-unsaturated/α-hetero) is 1. The minimum atomic E-state index is -0.217. The van der Waals surface area contributed by atoms with E-state index in [1.54, 1.807) is 12.1 Å². The highest BCUT2D eigenvalue weighted by atomic mass is 32.2. The van der Waals surface area contributed by atoms with Gasteiger partial charge in [-0.3, -0.25) is 4.79 Å². The van der Waals surface area contributed by atoms with E-state index >= 15 is 0 Å². The third kappa shape index (κ3) is 3.42. The van der Waals surface area contributed by atoms with Gasteiger partial charge in [0.15, 0.2) is 17.3 Å². The Morgan fingerprint density at radius 3 is 2.41 bits per heavy atom. The first kappa shape index (κ1) is 13.4. The van der Waals surface area contributed by atoms with Crippen LogP contribution < -0.4 is 4.74 Å². The normalized spacial score (nSPS) is 11.9. The maximum absolute atomic E-state index is 11.3. The Morgan fingerprint density at radius 1 is 1.35 bits per heavy atom. The average Bonchev–Trinajstić information content (AvgIpc) is 2.25. The predicted molar refractivity (Wildman–Crippen MR) is 66.5 cm³/mol. The minimum Gasteiger partial charge on any atom is -0.511 e. The van der Waals surface area contributed by atoms with Crippen LogP contribution >= 0.6 is 11.8 Å². The lowest BCUT2D eigenvalue weighted by atomic mass is 10.3. The van der Waals surface area contributed by atoms with Crippen LogP contribution in [0, 0.1) is 0 Å². The highest BCUT2D eigenvalue weighted by Gasteiger charge is 2.11. The van der Waals surface area contributed by atoms with Crippen LogP contribution in [0.4, 0.5) is 0 Å². The maximum Gasteiger partial charge on any atom is 0.169 e. The molecule has 0 atom stereocenters. The number of aliphatic hydroxyl groups excluding tert-OH is 1. The first-order valence-electron chi connectivity index (χ1n) is 4.91. The van der Waals surface area contributed by atoms with Gasteiger partial charge in [-0.2, -0.15) is 0 Å². The molecule has 0 saturated heterocycles. The summed E-state index contributed by atoms with van der Waals surface area (Å²) in [6.45, 7) is 2.83. The van der Waals surface area contributed by atoms with Gasteiger partial charge in [0.2, 0.25) is 0 Å². The molecule has 0 aliphatic carbocycles. The van der Waals surface area contributed by atoms with E-state index in [2.05, 4.69) is 0 Å².